The van der Waals surface area contributed by atoms with Gasteiger partial charge in [-0.05, 0) is 86.5 Å². The van der Waals surface area contributed by atoms with E-state index >= 15 is 0 Å². The maximum atomic E-state index is 12.6. The Kier molecular flexibility index (Phi) is 6.94. The molecule has 2 aliphatic carbocycles. The van der Waals surface area contributed by atoms with Crippen molar-refractivity contribution in [3.05, 3.63) is 40.9 Å². The molecule has 0 radical (unpaired) electrons. The van der Waals surface area contributed by atoms with Crippen LogP contribution in [0.2, 0.25) is 0 Å². The number of aliphatic hydroxyl groups is 1. The van der Waals surface area contributed by atoms with Crippen LogP contribution < -0.4 is 4.72 Å². The van der Waals surface area contributed by atoms with Crippen LogP contribution in [-0.4, -0.2) is 26.7 Å². The Balaban J connectivity index is 1.61. The fourth-order valence-corrected chi connectivity index (χ4v) is 5.93. The second-order valence-corrected chi connectivity index (χ2v) is 10.2. The van der Waals surface area contributed by atoms with Crippen molar-refractivity contribution in [2.24, 2.45) is 23.7 Å². The molecule has 2 fully saturated rings. The first-order chi connectivity index (χ1) is 12.5. The SMILES string of the molecule is O=S(=O)(NCC1C2CCC(C2)C1C=CCCCCO)c1ccc(Br)cc1. The maximum Gasteiger partial charge on any atom is 0.240 e. The van der Waals surface area contributed by atoms with Gasteiger partial charge in [-0.15, -0.1) is 0 Å². The zero-order chi connectivity index (χ0) is 18.6. The predicted octanol–water partition coefficient (Wildman–Crippen LogP) is 4.11. The minimum Gasteiger partial charge on any atom is -0.396 e. The minimum absolute atomic E-state index is 0.252. The molecule has 2 bridgehead atoms. The molecule has 2 aliphatic rings. The normalized spacial score (nSPS) is 28.2. The van der Waals surface area contributed by atoms with E-state index in [4.69, 9.17) is 5.11 Å². The number of aliphatic hydroxyl groups excluding tert-OH is 1. The first kappa shape index (κ1) is 20.1. The van der Waals surface area contributed by atoms with Gasteiger partial charge in [0.15, 0.2) is 0 Å². The molecule has 0 spiro atoms. The average Bonchev–Trinajstić information content (AvgIpc) is 3.22. The van der Waals surface area contributed by atoms with Crippen LogP contribution in [0.25, 0.3) is 0 Å². The van der Waals surface area contributed by atoms with Gasteiger partial charge in [0.25, 0.3) is 0 Å². The summed E-state index contributed by atoms with van der Waals surface area (Å²) in [5.41, 5.74) is 0. The molecule has 0 aliphatic heterocycles. The molecule has 0 amide bonds. The lowest BCUT2D eigenvalue weighted by atomic mass is 9.79. The zero-order valence-corrected chi connectivity index (χ0v) is 17.4. The van der Waals surface area contributed by atoms with Crippen molar-refractivity contribution >= 4 is 26.0 Å². The van der Waals surface area contributed by atoms with Gasteiger partial charge in [-0.2, -0.15) is 0 Å². The van der Waals surface area contributed by atoms with E-state index in [1.165, 1.54) is 19.3 Å². The van der Waals surface area contributed by atoms with Gasteiger partial charge in [-0.25, -0.2) is 13.1 Å². The summed E-state index contributed by atoms with van der Waals surface area (Å²) in [6, 6.07) is 6.77. The second-order valence-electron chi connectivity index (χ2n) is 7.53. The highest BCUT2D eigenvalue weighted by Crippen LogP contribution is 2.52. The quantitative estimate of drug-likeness (QED) is 0.447. The Labute approximate surface area is 165 Å². The predicted molar refractivity (Wildman–Crippen MR) is 107 cm³/mol. The molecule has 1 aromatic carbocycles. The molecule has 2 N–H and O–H groups in total. The Bertz CT molecular complexity index is 717. The van der Waals surface area contributed by atoms with Crippen LogP contribution in [0.1, 0.15) is 38.5 Å². The van der Waals surface area contributed by atoms with Gasteiger partial charge < -0.3 is 5.11 Å². The van der Waals surface area contributed by atoms with Crippen molar-refractivity contribution < 1.29 is 13.5 Å². The van der Waals surface area contributed by atoms with E-state index in [1.807, 2.05) is 0 Å². The van der Waals surface area contributed by atoms with E-state index in [0.29, 0.717) is 35.1 Å². The van der Waals surface area contributed by atoms with Gasteiger partial charge in [-0.3, -0.25) is 0 Å². The first-order valence-electron chi connectivity index (χ1n) is 9.54. The Morgan fingerprint density at radius 2 is 1.88 bits per heavy atom. The molecule has 144 valence electrons. The smallest absolute Gasteiger partial charge is 0.240 e. The number of unbranched alkanes of at least 4 members (excludes halogenated alkanes) is 2. The lowest BCUT2D eigenvalue weighted by Crippen LogP contribution is -2.35. The monoisotopic (exact) mass is 441 g/mol. The van der Waals surface area contributed by atoms with Crippen molar-refractivity contribution in [2.75, 3.05) is 13.2 Å². The first-order valence-corrected chi connectivity index (χ1v) is 11.8. The molecule has 4 unspecified atom stereocenters. The van der Waals surface area contributed by atoms with Crippen molar-refractivity contribution in [1.82, 2.24) is 4.72 Å². The number of hydrogen-bond donors (Lipinski definition) is 2. The van der Waals surface area contributed by atoms with E-state index in [1.54, 1.807) is 24.3 Å². The van der Waals surface area contributed by atoms with Crippen LogP contribution >= 0.6 is 15.9 Å². The van der Waals surface area contributed by atoms with Crippen molar-refractivity contribution in [2.45, 2.75) is 43.4 Å². The molecule has 1 aromatic rings. The number of benzene rings is 1. The summed E-state index contributed by atoms with van der Waals surface area (Å²) >= 11 is 3.34. The average molecular weight is 442 g/mol. The molecule has 26 heavy (non-hydrogen) atoms. The van der Waals surface area contributed by atoms with Gasteiger partial charge in [-0.1, -0.05) is 28.1 Å². The lowest BCUT2D eigenvalue weighted by Gasteiger charge is -2.29. The van der Waals surface area contributed by atoms with Crippen LogP contribution in [-0.2, 0) is 10.0 Å². The number of sulfonamides is 1. The van der Waals surface area contributed by atoms with Crippen LogP contribution in [0, 0.1) is 23.7 Å². The number of fused-ring (bicyclic) bond motifs is 2. The Morgan fingerprint density at radius 3 is 2.62 bits per heavy atom. The Morgan fingerprint density at radius 1 is 1.15 bits per heavy atom. The fraction of sp³-hybridized carbons (Fsp3) is 0.600. The number of hydrogen-bond acceptors (Lipinski definition) is 3. The molecule has 3 rings (SSSR count). The second kappa shape index (κ2) is 9.00. The highest BCUT2D eigenvalue weighted by atomic mass is 79.9. The molecule has 0 heterocycles. The van der Waals surface area contributed by atoms with Crippen molar-refractivity contribution in [3.63, 3.8) is 0 Å². The standard InChI is InChI=1S/C20H28BrNO3S/c21-17-8-10-18(11-9-17)26(24,25)22-14-20-16-7-6-15(13-16)19(20)5-3-1-2-4-12-23/h3,5,8-11,15-16,19-20,22-23H,1-2,4,6-7,12-14H2. The molecule has 6 heteroatoms. The number of halogens is 1. The third-order valence-electron chi connectivity index (χ3n) is 5.93. The summed E-state index contributed by atoms with van der Waals surface area (Å²) in [5, 5.41) is 8.87. The summed E-state index contributed by atoms with van der Waals surface area (Å²) in [6.07, 6.45) is 11.1. The van der Waals surface area contributed by atoms with Gasteiger partial charge in [0.2, 0.25) is 10.0 Å². The highest BCUT2D eigenvalue weighted by Gasteiger charge is 2.46. The number of rotatable bonds is 9. The summed E-state index contributed by atoms with van der Waals surface area (Å²) in [6.45, 7) is 0.771. The van der Waals surface area contributed by atoms with E-state index < -0.39 is 10.0 Å². The molecule has 4 nitrogen and oxygen atoms in total. The van der Waals surface area contributed by atoms with Gasteiger partial charge in [0, 0.05) is 17.6 Å². The van der Waals surface area contributed by atoms with Crippen LogP contribution in [0.5, 0.6) is 0 Å². The number of allylic oxidation sites excluding steroid dienone is 2. The summed E-state index contributed by atoms with van der Waals surface area (Å²) in [4.78, 5) is 0.319. The lowest BCUT2D eigenvalue weighted by molar-refractivity contribution is 0.266. The van der Waals surface area contributed by atoms with E-state index in [2.05, 4.69) is 32.8 Å². The molecule has 0 aromatic heterocycles. The molecule has 0 saturated heterocycles. The largest absolute Gasteiger partial charge is 0.396 e. The highest BCUT2D eigenvalue weighted by molar-refractivity contribution is 9.10. The summed E-state index contributed by atoms with van der Waals surface area (Å²) in [7, 11) is -3.46. The van der Waals surface area contributed by atoms with Crippen molar-refractivity contribution in [1.29, 1.82) is 0 Å². The third kappa shape index (κ3) is 4.77. The zero-order valence-electron chi connectivity index (χ0n) is 15.0. The van der Waals surface area contributed by atoms with Gasteiger partial charge in [0.05, 0.1) is 4.90 Å². The van der Waals surface area contributed by atoms with Crippen LogP contribution in [0.4, 0.5) is 0 Å². The van der Waals surface area contributed by atoms with Gasteiger partial charge in [0.1, 0.15) is 0 Å². The molecule has 2 saturated carbocycles. The molecular weight excluding hydrogens is 414 g/mol. The third-order valence-corrected chi connectivity index (χ3v) is 7.90. The number of nitrogens with one attached hydrogen (secondary N) is 1. The van der Waals surface area contributed by atoms with E-state index in [-0.39, 0.29) is 6.61 Å². The topological polar surface area (TPSA) is 66.4 Å². The van der Waals surface area contributed by atoms with Crippen molar-refractivity contribution in [3.8, 4) is 0 Å². The van der Waals surface area contributed by atoms with E-state index in [0.717, 1.165) is 23.7 Å². The Hall–Kier alpha value is -0.690. The fourth-order valence-electron chi connectivity index (χ4n) is 4.59. The molecule has 4 atom stereocenters. The maximum absolute atomic E-state index is 12.6. The van der Waals surface area contributed by atoms with Gasteiger partial charge >= 0.3 is 0 Å². The minimum atomic E-state index is -3.46. The summed E-state index contributed by atoms with van der Waals surface area (Å²) < 4.78 is 28.9. The summed E-state index contributed by atoms with van der Waals surface area (Å²) in [5.74, 6) is 2.22. The van der Waals surface area contributed by atoms with E-state index in [9.17, 15) is 8.42 Å². The van der Waals surface area contributed by atoms with Crippen LogP contribution in [0.3, 0.4) is 0 Å². The molecular formula is C20H28BrNO3S. The van der Waals surface area contributed by atoms with Crippen LogP contribution in [0.15, 0.2) is 45.8 Å².